The lowest BCUT2D eigenvalue weighted by Gasteiger charge is -2.05. The topological polar surface area (TPSA) is 26.3 Å². The minimum absolute atomic E-state index is 0.230. The van der Waals surface area contributed by atoms with Crippen molar-refractivity contribution in [2.75, 3.05) is 12.9 Å². The zero-order valence-corrected chi connectivity index (χ0v) is 12.5. The lowest BCUT2D eigenvalue weighted by Crippen LogP contribution is -2.04. The van der Waals surface area contributed by atoms with Gasteiger partial charge in [-0.2, -0.15) is 0 Å². The summed E-state index contributed by atoms with van der Waals surface area (Å²) in [5.41, 5.74) is 1.61. The Hall–Kier alpha value is -1.75. The normalized spacial score (nSPS) is 12.1. The van der Waals surface area contributed by atoms with Gasteiger partial charge in [0.25, 0.3) is 0 Å². The molecule has 5 heteroatoms. The summed E-state index contributed by atoms with van der Waals surface area (Å²) in [6, 6.07) is 11.2. The van der Waals surface area contributed by atoms with Crippen LogP contribution in [0.2, 0.25) is 0 Å². The quantitative estimate of drug-likeness (QED) is 0.817. The van der Waals surface area contributed by atoms with Crippen molar-refractivity contribution in [1.82, 2.24) is 0 Å². The molecule has 0 aliphatic carbocycles. The van der Waals surface area contributed by atoms with Crippen LogP contribution in [0.3, 0.4) is 0 Å². The maximum absolute atomic E-state index is 13.1. The third kappa shape index (κ3) is 4.63. The van der Waals surface area contributed by atoms with Gasteiger partial charge in [-0.3, -0.25) is 4.21 Å². The number of rotatable bonds is 6. The van der Waals surface area contributed by atoms with E-state index in [9.17, 15) is 13.0 Å². The van der Waals surface area contributed by atoms with Crippen molar-refractivity contribution in [3.8, 4) is 5.75 Å². The van der Waals surface area contributed by atoms with E-state index in [0.29, 0.717) is 17.7 Å². The molecule has 2 rings (SSSR count). The summed E-state index contributed by atoms with van der Waals surface area (Å²) in [7, 11) is 0.489. The Kier molecular flexibility index (Phi) is 5.44. The molecule has 2 aromatic carbocycles. The van der Waals surface area contributed by atoms with Crippen LogP contribution in [-0.4, -0.2) is 17.1 Å². The molecular formula is C16H16F2O2S. The molecule has 0 amide bonds. The van der Waals surface area contributed by atoms with Crippen molar-refractivity contribution < 1.29 is 17.7 Å². The van der Waals surface area contributed by atoms with Crippen LogP contribution in [0.5, 0.6) is 5.75 Å². The van der Waals surface area contributed by atoms with Gasteiger partial charge in [0.2, 0.25) is 0 Å². The van der Waals surface area contributed by atoms with Crippen LogP contribution in [0.4, 0.5) is 8.78 Å². The van der Waals surface area contributed by atoms with Gasteiger partial charge in [-0.1, -0.05) is 18.2 Å². The molecule has 21 heavy (non-hydrogen) atoms. The fraction of sp³-hybridized carbons (Fsp3) is 0.250. The first-order chi connectivity index (χ1) is 10.1. The third-order valence-electron chi connectivity index (χ3n) is 3.09. The highest BCUT2D eigenvalue weighted by Gasteiger charge is 2.07. The highest BCUT2D eigenvalue weighted by molar-refractivity contribution is 7.84. The third-order valence-corrected chi connectivity index (χ3v) is 4.40. The maximum atomic E-state index is 13.1. The Balaban J connectivity index is 1.87. The Morgan fingerprint density at radius 1 is 1.00 bits per heavy atom. The van der Waals surface area contributed by atoms with Crippen LogP contribution in [-0.2, 0) is 23.0 Å². The molecule has 0 heterocycles. The van der Waals surface area contributed by atoms with E-state index in [-0.39, 0.29) is 5.75 Å². The van der Waals surface area contributed by atoms with Gasteiger partial charge in [0.05, 0.1) is 7.11 Å². The van der Waals surface area contributed by atoms with Crippen LogP contribution >= 0.6 is 0 Å². The van der Waals surface area contributed by atoms with E-state index in [0.717, 1.165) is 23.4 Å². The van der Waals surface area contributed by atoms with E-state index in [1.807, 2.05) is 24.3 Å². The smallest absolute Gasteiger partial charge is 0.159 e. The molecule has 0 saturated heterocycles. The standard InChI is InChI=1S/C16H16F2O2S/c1-20-14-5-2-12(3-6-14)8-9-21(19)11-13-4-7-15(17)16(18)10-13/h2-7,10H,8-9,11H2,1H3. The van der Waals surface area contributed by atoms with Crippen LogP contribution in [0.15, 0.2) is 42.5 Å². The van der Waals surface area contributed by atoms with E-state index in [2.05, 4.69) is 0 Å². The first-order valence-corrected chi connectivity index (χ1v) is 7.99. The number of halogens is 2. The second-order valence-electron chi connectivity index (χ2n) is 4.63. The average Bonchev–Trinajstić information content (AvgIpc) is 2.49. The molecule has 112 valence electrons. The summed E-state index contributed by atoms with van der Waals surface area (Å²) in [6.45, 7) is 0. The Labute approximate surface area is 125 Å². The van der Waals surface area contributed by atoms with Gasteiger partial charge < -0.3 is 4.74 Å². The van der Waals surface area contributed by atoms with Crippen molar-refractivity contribution in [3.05, 3.63) is 65.2 Å². The molecular weight excluding hydrogens is 294 g/mol. The summed E-state index contributed by atoms with van der Waals surface area (Å²) < 4.78 is 42.9. The van der Waals surface area contributed by atoms with Gasteiger partial charge >= 0.3 is 0 Å². The van der Waals surface area contributed by atoms with Crippen molar-refractivity contribution >= 4 is 10.8 Å². The van der Waals surface area contributed by atoms with E-state index < -0.39 is 22.4 Å². The number of methoxy groups -OCH3 is 1. The minimum atomic E-state index is -1.11. The SMILES string of the molecule is COc1ccc(CCS(=O)Cc2ccc(F)c(F)c2)cc1. The molecule has 1 atom stereocenters. The van der Waals surface area contributed by atoms with E-state index in [1.165, 1.54) is 6.07 Å². The number of aryl methyl sites for hydroxylation is 1. The first-order valence-electron chi connectivity index (χ1n) is 6.50. The largest absolute Gasteiger partial charge is 0.497 e. The molecule has 1 unspecified atom stereocenters. The summed E-state index contributed by atoms with van der Waals surface area (Å²) in [6.07, 6.45) is 0.667. The summed E-state index contributed by atoms with van der Waals surface area (Å²) in [5, 5.41) is 0. The predicted octanol–water partition coefficient (Wildman–Crippen LogP) is 3.46. The molecule has 0 spiro atoms. The molecule has 0 N–H and O–H groups in total. The molecule has 0 aliphatic rings. The maximum Gasteiger partial charge on any atom is 0.159 e. The Bertz CT molecular complexity index is 627. The molecule has 0 aliphatic heterocycles. The molecule has 0 fully saturated rings. The van der Waals surface area contributed by atoms with Crippen molar-refractivity contribution in [3.63, 3.8) is 0 Å². The monoisotopic (exact) mass is 310 g/mol. The van der Waals surface area contributed by atoms with Crippen LogP contribution in [0.25, 0.3) is 0 Å². The Morgan fingerprint density at radius 2 is 1.67 bits per heavy atom. The van der Waals surface area contributed by atoms with Gasteiger partial charge in [-0.25, -0.2) is 8.78 Å². The van der Waals surface area contributed by atoms with Gasteiger partial charge in [-0.05, 0) is 41.8 Å². The van der Waals surface area contributed by atoms with E-state index >= 15 is 0 Å². The average molecular weight is 310 g/mol. The summed E-state index contributed by atoms with van der Waals surface area (Å²) in [4.78, 5) is 0. The summed E-state index contributed by atoms with van der Waals surface area (Å²) in [5.74, 6) is -0.303. The second-order valence-corrected chi connectivity index (χ2v) is 6.21. The predicted molar refractivity (Wildman–Crippen MR) is 79.8 cm³/mol. The zero-order valence-electron chi connectivity index (χ0n) is 11.6. The zero-order chi connectivity index (χ0) is 15.2. The number of hydrogen-bond donors (Lipinski definition) is 0. The molecule has 2 aromatic rings. The fourth-order valence-corrected chi connectivity index (χ4v) is 3.07. The van der Waals surface area contributed by atoms with Crippen LogP contribution < -0.4 is 4.74 Å². The van der Waals surface area contributed by atoms with Gasteiger partial charge in [0, 0.05) is 22.3 Å². The molecule has 2 nitrogen and oxygen atoms in total. The van der Waals surface area contributed by atoms with Crippen LogP contribution in [0.1, 0.15) is 11.1 Å². The van der Waals surface area contributed by atoms with E-state index in [1.54, 1.807) is 7.11 Å². The molecule has 0 aromatic heterocycles. The summed E-state index contributed by atoms with van der Waals surface area (Å²) >= 11 is 0. The van der Waals surface area contributed by atoms with Gasteiger partial charge in [0.1, 0.15) is 5.75 Å². The Morgan fingerprint density at radius 3 is 2.29 bits per heavy atom. The van der Waals surface area contributed by atoms with Gasteiger partial charge in [0.15, 0.2) is 11.6 Å². The number of hydrogen-bond acceptors (Lipinski definition) is 2. The van der Waals surface area contributed by atoms with E-state index in [4.69, 9.17) is 4.74 Å². The minimum Gasteiger partial charge on any atom is -0.497 e. The molecule has 0 radical (unpaired) electrons. The number of ether oxygens (including phenoxy) is 1. The molecule has 0 bridgehead atoms. The highest BCUT2D eigenvalue weighted by atomic mass is 32.2. The first kappa shape index (κ1) is 15.6. The highest BCUT2D eigenvalue weighted by Crippen LogP contribution is 2.13. The van der Waals surface area contributed by atoms with Crippen molar-refractivity contribution in [1.29, 1.82) is 0 Å². The molecule has 0 saturated carbocycles. The second kappa shape index (κ2) is 7.31. The van der Waals surface area contributed by atoms with Crippen LogP contribution in [0, 0.1) is 11.6 Å². The van der Waals surface area contributed by atoms with Crippen molar-refractivity contribution in [2.24, 2.45) is 0 Å². The lowest BCUT2D eigenvalue weighted by molar-refractivity contribution is 0.414. The van der Waals surface area contributed by atoms with Gasteiger partial charge in [-0.15, -0.1) is 0 Å². The number of benzene rings is 2. The fourth-order valence-electron chi connectivity index (χ4n) is 1.91. The van der Waals surface area contributed by atoms with Crippen molar-refractivity contribution in [2.45, 2.75) is 12.2 Å². The lowest BCUT2D eigenvalue weighted by atomic mass is 10.2.